The first-order valence-electron chi connectivity index (χ1n) is 6.38. The standard InChI is InChI=1S/C15H15Cl2NO3S/c1-9-4-5-11(8-10(9)2)18-22(19,20)13-7-6-12(21-3)14(16)15(13)17/h4-8,18H,1-3H3. The molecule has 0 unspecified atom stereocenters. The average molecular weight is 360 g/mol. The van der Waals surface area contributed by atoms with E-state index in [9.17, 15) is 8.42 Å². The van der Waals surface area contributed by atoms with Gasteiger partial charge in [0.15, 0.2) is 0 Å². The van der Waals surface area contributed by atoms with Gasteiger partial charge in [-0.1, -0.05) is 29.3 Å². The lowest BCUT2D eigenvalue weighted by atomic mass is 10.1. The summed E-state index contributed by atoms with van der Waals surface area (Å²) in [6.07, 6.45) is 0. The van der Waals surface area contributed by atoms with Crippen molar-refractivity contribution in [2.24, 2.45) is 0 Å². The van der Waals surface area contributed by atoms with Gasteiger partial charge in [0.05, 0.1) is 12.1 Å². The Morgan fingerprint density at radius 3 is 2.27 bits per heavy atom. The van der Waals surface area contributed by atoms with E-state index in [2.05, 4.69) is 4.72 Å². The molecule has 4 nitrogen and oxygen atoms in total. The molecule has 0 aliphatic carbocycles. The summed E-state index contributed by atoms with van der Waals surface area (Å²) < 4.78 is 32.5. The van der Waals surface area contributed by atoms with Crippen LogP contribution in [0, 0.1) is 13.8 Å². The Morgan fingerprint density at radius 2 is 1.68 bits per heavy atom. The van der Waals surface area contributed by atoms with Crippen LogP contribution in [-0.4, -0.2) is 15.5 Å². The minimum Gasteiger partial charge on any atom is -0.495 e. The number of halogens is 2. The number of methoxy groups -OCH3 is 1. The Balaban J connectivity index is 2.42. The maximum absolute atomic E-state index is 12.5. The molecule has 0 bridgehead atoms. The summed E-state index contributed by atoms with van der Waals surface area (Å²) >= 11 is 12.1. The average Bonchev–Trinajstić information content (AvgIpc) is 2.45. The molecule has 0 radical (unpaired) electrons. The van der Waals surface area contributed by atoms with E-state index in [1.165, 1.54) is 19.2 Å². The number of benzene rings is 2. The van der Waals surface area contributed by atoms with Crippen LogP contribution < -0.4 is 9.46 Å². The van der Waals surface area contributed by atoms with Crippen molar-refractivity contribution in [2.45, 2.75) is 18.7 Å². The van der Waals surface area contributed by atoms with Crippen LogP contribution in [0.3, 0.4) is 0 Å². The molecule has 22 heavy (non-hydrogen) atoms. The molecule has 0 saturated heterocycles. The summed E-state index contributed by atoms with van der Waals surface area (Å²) in [4.78, 5) is -0.0989. The topological polar surface area (TPSA) is 55.4 Å². The fraction of sp³-hybridized carbons (Fsp3) is 0.200. The van der Waals surface area contributed by atoms with Gasteiger partial charge in [0.1, 0.15) is 15.7 Å². The van der Waals surface area contributed by atoms with Crippen molar-refractivity contribution in [3.8, 4) is 5.75 Å². The minimum absolute atomic E-state index is 0.0622. The number of sulfonamides is 1. The molecule has 0 heterocycles. The van der Waals surface area contributed by atoms with Crippen LogP contribution in [0.25, 0.3) is 0 Å². The smallest absolute Gasteiger partial charge is 0.263 e. The molecule has 2 aromatic carbocycles. The highest BCUT2D eigenvalue weighted by atomic mass is 35.5. The van der Waals surface area contributed by atoms with E-state index in [0.717, 1.165) is 11.1 Å². The van der Waals surface area contributed by atoms with Crippen LogP contribution in [0.5, 0.6) is 5.75 Å². The number of aryl methyl sites for hydroxylation is 2. The van der Waals surface area contributed by atoms with Crippen molar-refractivity contribution in [2.75, 3.05) is 11.8 Å². The molecule has 0 amide bonds. The van der Waals surface area contributed by atoms with Crippen molar-refractivity contribution in [1.82, 2.24) is 0 Å². The molecule has 118 valence electrons. The Kier molecular flexibility index (Phi) is 4.90. The number of hydrogen-bond donors (Lipinski definition) is 1. The van der Waals surface area contributed by atoms with Crippen LogP contribution in [0.1, 0.15) is 11.1 Å². The molecule has 2 aromatic rings. The van der Waals surface area contributed by atoms with E-state index in [1.807, 2.05) is 19.9 Å². The predicted octanol–water partition coefficient (Wildman–Crippen LogP) is 4.42. The molecule has 7 heteroatoms. The fourth-order valence-electron chi connectivity index (χ4n) is 1.89. The molecular weight excluding hydrogens is 345 g/mol. The van der Waals surface area contributed by atoms with E-state index < -0.39 is 10.0 Å². The Bertz CT molecular complexity index is 820. The molecule has 0 fully saturated rings. The van der Waals surface area contributed by atoms with Gasteiger partial charge in [-0.25, -0.2) is 8.42 Å². The molecular formula is C15H15Cl2NO3S. The summed E-state index contributed by atoms with van der Waals surface area (Å²) in [5.41, 5.74) is 2.53. The lowest BCUT2D eigenvalue weighted by Crippen LogP contribution is -2.14. The third-order valence-corrected chi connectivity index (χ3v) is 5.68. The summed E-state index contributed by atoms with van der Waals surface area (Å²) in [5, 5.41) is -0.00974. The van der Waals surface area contributed by atoms with E-state index in [4.69, 9.17) is 27.9 Å². The van der Waals surface area contributed by atoms with Crippen LogP contribution in [0.15, 0.2) is 35.2 Å². The van der Waals surface area contributed by atoms with Crippen molar-refractivity contribution < 1.29 is 13.2 Å². The second-order valence-corrected chi connectivity index (χ2v) is 7.21. The molecule has 0 atom stereocenters. The first kappa shape index (κ1) is 16.9. The molecule has 0 saturated carbocycles. The molecule has 0 spiro atoms. The van der Waals surface area contributed by atoms with E-state index in [1.54, 1.807) is 12.1 Å². The Labute approximate surface area is 140 Å². The van der Waals surface area contributed by atoms with Crippen LogP contribution in [0.4, 0.5) is 5.69 Å². The van der Waals surface area contributed by atoms with Gasteiger partial charge in [-0.2, -0.15) is 0 Å². The van der Waals surface area contributed by atoms with Crippen molar-refractivity contribution in [1.29, 1.82) is 0 Å². The van der Waals surface area contributed by atoms with Gasteiger partial charge in [-0.05, 0) is 49.2 Å². The van der Waals surface area contributed by atoms with Crippen molar-refractivity contribution >= 4 is 38.9 Å². The molecule has 1 N–H and O–H groups in total. The van der Waals surface area contributed by atoms with Gasteiger partial charge in [-0.3, -0.25) is 4.72 Å². The Morgan fingerprint density at radius 1 is 1.00 bits per heavy atom. The van der Waals surface area contributed by atoms with E-state index >= 15 is 0 Å². The van der Waals surface area contributed by atoms with Gasteiger partial charge >= 0.3 is 0 Å². The fourth-order valence-corrected chi connectivity index (χ4v) is 3.79. The number of nitrogens with one attached hydrogen (secondary N) is 1. The quantitative estimate of drug-likeness (QED) is 0.878. The first-order chi connectivity index (χ1) is 10.3. The lowest BCUT2D eigenvalue weighted by molar-refractivity contribution is 0.414. The van der Waals surface area contributed by atoms with Gasteiger partial charge < -0.3 is 4.74 Å². The van der Waals surface area contributed by atoms with Crippen LogP contribution in [-0.2, 0) is 10.0 Å². The summed E-state index contributed by atoms with van der Waals surface area (Å²) in [6, 6.07) is 8.11. The SMILES string of the molecule is COc1ccc(S(=O)(=O)Nc2ccc(C)c(C)c2)c(Cl)c1Cl. The summed E-state index contributed by atoms with van der Waals surface area (Å²) in [5.74, 6) is 0.316. The van der Waals surface area contributed by atoms with Gasteiger partial charge in [0, 0.05) is 5.69 Å². The zero-order valence-corrected chi connectivity index (χ0v) is 14.6. The van der Waals surface area contributed by atoms with Crippen LogP contribution >= 0.6 is 23.2 Å². The van der Waals surface area contributed by atoms with Crippen molar-refractivity contribution in [3.63, 3.8) is 0 Å². The third kappa shape index (κ3) is 3.32. The van der Waals surface area contributed by atoms with Gasteiger partial charge in [-0.15, -0.1) is 0 Å². The van der Waals surface area contributed by atoms with E-state index in [0.29, 0.717) is 11.4 Å². The van der Waals surface area contributed by atoms with Gasteiger partial charge in [0.2, 0.25) is 0 Å². The monoisotopic (exact) mass is 359 g/mol. The number of anilines is 1. The van der Waals surface area contributed by atoms with E-state index in [-0.39, 0.29) is 14.9 Å². The second-order valence-electron chi connectivity index (χ2n) is 4.80. The highest BCUT2D eigenvalue weighted by molar-refractivity contribution is 7.92. The summed E-state index contributed by atoms with van der Waals surface area (Å²) in [7, 11) is -2.41. The zero-order chi connectivity index (χ0) is 16.5. The van der Waals surface area contributed by atoms with Crippen LogP contribution in [0.2, 0.25) is 10.0 Å². The second kappa shape index (κ2) is 6.36. The first-order valence-corrected chi connectivity index (χ1v) is 8.62. The number of ether oxygens (including phenoxy) is 1. The Hall–Kier alpha value is -1.43. The molecule has 2 rings (SSSR count). The number of hydrogen-bond acceptors (Lipinski definition) is 3. The molecule has 0 aromatic heterocycles. The van der Waals surface area contributed by atoms with Crippen molar-refractivity contribution in [3.05, 3.63) is 51.5 Å². The zero-order valence-electron chi connectivity index (χ0n) is 12.3. The predicted molar refractivity (Wildman–Crippen MR) is 89.7 cm³/mol. The minimum atomic E-state index is -3.84. The normalized spacial score (nSPS) is 11.3. The largest absolute Gasteiger partial charge is 0.495 e. The number of rotatable bonds is 4. The molecule has 0 aliphatic heterocycles. The summed E-state index contributed by atoms with van der Waals surface area (Å²) in [6.45, 7) is 3.86. The third-order valence-electron chi connectivity index (χ3n) is 3.28. The highest BCUT2D eigenvalue weighted by Gasteiger charge is 2.22. The maximum Gasteiger partial charge on any atom is 0.263 e. The maximum atomic E-state index is 12.5. The molecule has 0 aliphatic rings. The lowest BCUT2D eigenvalue weighted by Gasteiger charge is -2.13. The highest BCUT2D eigenvalue weighted by Crippen LogP contribution is 2.37. The van der Waals surface area contributed by atoms with Gasteiger partial charge in [0.25, 0.3) is 10.0 Å².